The van der Waals surface area contributed by atoms with E-state index in [0.29, 0.717) is 5.92 Å². The number of fused-ring (bicyclic) bond motifs is 1. The molecular formula is C14H18. The molecule has 0 bridgehead atoms. The predicted molar refractivity (Wildman–Crippen MR) is 62.6 cm³/mol. The molecule has 74 valence electrons. The van der Waals surface area contributed by atoms with Crippen molar-refractivity contribution in [2.24, 2.45) is 0 Å². The first-order valence-electron chi connectivity index (χ1n) is 5.38. The van der Waals surface area contributed by atoms with Crippen molar-refractivity contribution in [1.82, 2.24) is 0 Å². The molecule has 1 aromatic rings. The second-order valence-corrected chi connectivity index (χ2v) is 4.73. The lowest BCUT2D eigenvalue weighted by atomic mass is 9.95. The zero-order valence-electron chi connectivity index (χ0n) is 9.52. The monoisotopic (exact) mass is 186 g/mol. The van der Waals surface area contributed by atoms with Crippen molar-refractivity contribution in [1.29, 1.82) is 0 Å². The van der Waals surface area contributed by atoms with Gasteiger partial charge < -0.3 is 0 Å². The fraction of sp³-hybridized carbons (Fsp3) is 0.429. The van der Waals surface area contributed by atoms with Gasteiger partial charge in [-0.2, -0.15) is 0 Å². The van der Waals surface area contributed by atoms with Crippen molar-refractivity contribution in [3.63, 3.8) is 0 Å². The molecule has 0 heterocycles. The van der Waals surface area contributed by atoms with Crippen LogP contribution in [0.5, 0.6) is 0 Å². The summed E-state index contributed by atoms with van der Waals surface area (Å²) < 4.78 is 0. The van der Waals surface area contributed by atoms with Gasteiger partial charge >= 0.3 is 0 Å². The third kappa shape index (κ3) is 1.50. The van der Waals surface area contributed by atoms with Crippen molar-refractivity contribution in [2.45, 2.75) is 40.0 Å². The molecule has 0 unspecified atom stereocenters. The maximum atomic E-state index is 2.38. The summed E-state index contributed by atoms with van der Waals surface area (Å²) in [6, 6.07) is 4.71. The van der Waals surface area contributed by atoms with Crippen molar-refractivity contribution < 1.29 is 0 Å². The van der Waals surface area contributed by atoms with E-state index in [1.807, 2.05) is 0 Å². The number of hydrogen-bond acceptors (Lipinski definition) is 0. The summed E-state index contributed by atoms with van der Waals surface area (Å²) in [5, 5.41) is 0. The Morgan fingerprint density at radius 3 is 2.50 bits per heavy atom. The Morgan fingerprint density at radius 2 is 1.86 bits per heavy atom. The van der Waals surface area contributed by atoms with E-state index in [1.54, 1.807) is 0 Å². The highest BCUT2D eigenvalue weighted by atomic mass is 14.2. The highest BCUT2D eigenvalue weighted by Crippen LogP contribution is 2.30. The fourth-order valence-electron chi connectivity index (χ4n) is 2.19. The second-order valence-electron chi connectivity index (χ2n) is 4.73. The summed E-state index contributed by atoms with van der Waals surface area (Å²) in [7, 11) is 0. The van der Waals surface area contributed by atoms with E-state index >= 15 is 0 Å². The molecule has 0 fully saturated rings. The Hall–Kier alpha value is -1.04. The van der Waals surface area contributed by atoms with Crippen LogP contribution in [0.25, 0.3) is 6.08 Å². The lowest BCUT2D eigenvalue weighted by molar-refractivity contribution is 0.861. The highest BCUT2D eigenvalue weighted by molar-refractivity contribution is 5.67. The highest BCUT2D eigenvalue weighted by Gasteiger charge is 2.13. The third-order valence-electron chi connectivity index (χ3n) is 3.02. The van der Waals surface area contributed by atoms with E-state index in [4.69, 9.17) is 0 Å². The van der Waals surface area contributed by atoms with E-state index in [0.717, 1.165) is 6.42 Å². The minimum absolute atomic E-state index is 0.639. The molecule has 0 aliphatic heterocycles. The molecule has 0 nitrogen and oxygen atoms in total. The van der Waals surface area contributed by atoms with Gasteiger partial charge in [0.15, 0.2) is 0 Å². The second kappa shape index (κ2) is 3.27. The zero-order chi connectivity index (χ0) is 10.3. The van der Waals surface area contributed by atoms with E-state index in [9.17, 15) is 0 Å². The van der Waals surface area contributed by atoms with Gasteiger partial charge in [0.25, 0.3) is 0 Å². The number of hydrogen-bond donors (Lipinski definition) is 0. The maximum absolute atomic E-state index is 2.38. The van der Waals surface area contributed by atoms with E-state index in [2.05, 4.69) is 45.9 Å². The topological polar surface area (TPSA) is 0 Å². The number of benzene rings is 1. The van der Waals surface area contributed by atoms with Crippen molar-refractivity contribution >= 4 is 6.08 Å². The number of aryl methyl sites for hydroxylation is 1. The Labute approximate surface area is 86.7 Å². The van der Waals surface area contributed by atoms with Crippen LogP contribution in [0.2, 0.25) is 0 Å². The number of rotatable bonds is 1. The molecule has 0 saturated heterocycles. The largest absolute Gasteiger partial charge is 0.0683 e. The van der Waals surface area contributed by atoms with E-state index < -0.39 is 0 Å². The molecule has 1 aromatic carbocycles. The Balaban J connectivity index is 2.51. The van der Waals surface area contributed by atoms with Crippen molar-refractivity contribution in [3.05, 3.63) is 40.0 Å². The normalized spacial score (nSPS) is 14.5. The Bertz CT molecular complexity index is 395. The summed E-state index contributed by atoms with van der Waals surface area (Å²) in [6.07, 6.45) is 3.48. The summed E-state index contributed by atoms with van der Waals surface area (Å²) in [5.41, 5.74) is 7.38. The molecule has 0 radical (unpaired) electrons. The molecule has 0 saturated carbocycles. The molecule has 1 aliphatic carbocycles. The average Bonchev–Trinajstić information content (AvgIpc) is 2.45. The van der Waals surface area contributed by atoms with Gasteiger partial charge in [0.1, 0.15) is 0 Å². The summed E-state index contributed by atoms with van der Waals surface area (Å²) >= 11 is 0. The lowest BCUT2D eigenvalue weighted by Gasteiger charge is -2.10. The summed E-state index contributed by atoms with van der Waals surface area (Å²) in [5.74, 6) is 0.639. The molecule has 0 heteroatoms. The molecule has 0 atom stereocenters. The third-order valence-corrected chi connectivity index (χ3v) is 3.02. The minimum Gasteiger partial charge on any atom is -0.0683 e. The molecule has 0 amide bonds. The van der Waals surface area contributed by atoms with E-state index in [1.165, 1.54) is 27.8 Å². The van der Waals surface area contributed by atoms with Crippen LogP contribution < -0.4 is 0 Å². The molecule has 0 spiro atoms. The van der Waals surface area contributed by atoms with Gasteiger partial charge in [-0.05, 0) is 48.4 Å². The molecule has 2 rings (SSSR count). The standard InChI is InChI=1S/C14H18/c1-9(2)12-7-11(4)14-6-10(3)5-13(14)8-12/h6-9H,5H2,1-4H3. The first kappa shape index (κ1) is 9.51. The minimum atomic E-state index is 0.639. The number of allylic oxidation sites excluding steroid dienone is 1. The van der Waals surface area contributed by atoms with E-state index in [-0.39, 0.29) is 0 Å². The molecule has 0 N–H and O–H groups in total. The maximum Gasteiger partial charge on any atom is -0.00604 e. The predicted octanol–water partition coefficient (Wildman–Crippen LogP) is 4.08. The van der Waals surface area contributed by atoms with Crippen molar-refractivity contribution in [3.8, 4) is 0 Å². The molecule has 14 heavy (non-hydrogen) atoms. The van der Waals surface area contributed by atoms with Crippen LogP contribution >= 0.6 is 0 Å². The van der Waals surface area contributed by atoms with Gasteiger partial charge in [0.05, 0.1) is 0 Å². The SMILES string of the molecule is CC1=Cc2c(C)cc(C(C)C)cc2C1. The Kier molecular flexibility index (Phi) is 2.22. The van der Waals surface area contributed by atoms with Crippen LogP contribution in [-0.2, 0) is 6.42 Å². The summed E-state index contributed by atoms with van der Waals surface area (Å²) in [6.45, 7) is 8.96. The summed E-state index contributed by atoms with van der Waals surface area (Å²) in [4.78, 5) is 0. The van der Waals surface area contributed by atoms with Crippen LogP contribution in [0.3, 0.4) is 0 Å². The first-order valence-corrected chi connectivity index (χ1v) is 5.38. The van der Waals surface area contributed by atoms with Gasteiger partial charge in [-0.15, -0.1) is 0 Å². The quantitative estimate of drug-likeness (QED) is 0.620. The smallest absolute Gasteiger partial charge is 0.00604 e. The Morgan fingerprint density at radius 1 is 1.14 bits per heavy atom. The zero-order valence-corrected chi connectivity index (χ0v) is 9.52. The van der Waals surface area contributed by atoms with Gasteiger partial charge in [-0.3, -0.25) is 0 Å². The van der Waals surface area contributed by atoms with Crippen molar-refractivity contribution in [2.75, 3.05) is 0 Å². The molecular weight excluding hydrogens is 168 g/mol. The lowest BCUT2D eigenvalue weighted by Crippen LogP contribution is -1.94. The van der Waals surface area contributed by atoms with Crippen LogP contribution in [0.15, 0.2) is 17.7 Å². The van der Waals surface area contributed by atoms with Crippen LogP contribution in [0, 0.1) is 6.92 Å². The first-order chi connectivity index (χ1) is 6.58. The van der Waals surface area contributed by atoms with Crippen LogP contribution in [0.4, 0.5) is 0 Å². The van der Waals surface area contributed by atoms with Gasteiger partial charge in [0, 0.05) is 0 Å². The molecule has 1 aliphatic rings. The van der Waals surface area contributed by atoms with Gasteiger partial charge in [0.2, 0.25) is 0 Å². The fourth-order valence-corrected chi connectivity index (χ4v) is 2.19. The van der Waals surface area contributed by atoms with Crippen LogP contribution in [0.1, 0.15) is 48.9 Å². The van der Waals surface area contributed by atoms with Gasteiger partial charge in [-0.1, -0.05) is 37.6 Å². The van der Waals surface area contributed by atoms with Crippen LogP contribution in [-0.4, -0.2) is 0 Å². The van der Waals surface area contributed by atoms with Gasteiger partial charge in [-0.25, -0.2) is 0 Å². The average molecular weight is 186 g/mol. The molecule has 0 aromatic heterocycles.